The van der Waals surface area contributed by atoms with E-state index >= 15 is 0 Å². The number of rotatable bonds is 8. The van der Waals surface area contributed by atoms with Crippen molar-refractivity contribution in [2.45, 2.75) is 44.0 Å². The molecule has 0 saturated heterocycles. The highest BCUT2D eigenvalue weighted by atomic mass is 32.2. The number of nitrogens with one attached hydrogen (secondary N) is 1. The quantitative estimate of drug-likeness (QED) is 0.705. The van der Waals surface area contributed by atoms with Gasteiger partial charge in [0.15, 0.2) is 0 Å². The van der Waals surface area contributed by atoms with Gasteiger partial charge in [0.1, 0.15) is 5.82 Å². The van der Waals surface area contributed by atoms with Gasteiger partial charge < -0.3 is 5.32 Å². The Morgan fingerprint density at radius 1 is 1.22 bits per heavy atom. The zero-order chi connectivity index (χ0) is 13.4. The Bertz CT molecular complexity index is 341. The van der Waals surface area contributed by atoms with Crippen molar-refractivity contribution in [1.82, 2.24) is 5.32 Å². The van der Waals surface area contributed by atoms with Crippen LogP contribution in [0.4, 0.5) is 4.39 Å². The summed E-state index contributed by atoms with van der Waals surface area (Å²) in [6.07, 6.45) is 3.67. The summed E-state index contributed by atoms with van der Waals surface area (Å²) in [7, 11) is 1.99. The molecule has 0 spiro atoms. The van der Waals surface area contributed by atoms with Crippen molar-refractivity contribution in [2.75, 3.05) is 12.8 Å². The van der Waals surface area contributed by atoms with Crippen LogP contribution in [0.25, 0.3) is 0 Å². The summed E-state index contributed by atoms with van der Waals surface area (Å²) in [5.41, 5.74) is 0. The maximum absolute atomic E-state index is 13.5. The second kappa shape index (κ2) is 8.54. The van der Waals surface area contributed by atoms with Gasteiger partial charge in [-0.25, -0.2) is 4.39 Å². The molecular weight excluding hydrogens is 245 g/mol. The van der Waals surface area contributed by atoms with Crippen LogP contribution in [-0.4, -0.2) is 18.8 Å². The number of halogens is 1. The lowest BCUT2D eigenvalue weighted by atomic mass is 10.0. The SMILES string of the molecule is CNC(CCCC(C)C)CSc1ccccc1F. The fraction of sp³-hybridized carbons (Fsp3) is 0.600. The van der Waals surface area contributed by atoms with Crippen LogP contribution in [0.2, 0.25) is 0 Å². The third kappa shape index (κ3) is 5.87. The number of hydrogen-bond donors (Lipinski definition) is 1. The van der Waals surface area contributed by atoms with Crippen molar-refractivity contribution in [3.63, 3.8) is 0 Å². The van der Waals surface area contributed by atoms with Gasteiger partial charge in [-0.05, 0) is 31.5 Å². The van der Waals surface area contributed by atoms with E-state index in [2.05, 4.69) is 19.2 Å². The van der Waals surface area contributed by atoms with Gasteiger partial charge in [0.25, 0.3) is 0 Å². The van der Waals surface area contributed by atoms with Gasteiger partial charge in [-0.3, -0.25) is 0 Å². The molecule has 1 N–H and O–H groups in total. The van der Waals surface area contributed by atoms with E-state index in [0.29, 0.717) is 6.04 Å². The zero-order valence-electron chi connectivity index (χ0n) is 11.6. The Balaban J connectivity index is 2.33. The van der Waals surface area contributed by atoms with Crippen LogP contribution in [0.1, 0.15) is 33.1 Å². The van der Waals surface area contributed by atoms with E-state index in [9.17, 15) is 4.39 Å². The van der Waals surface area contributed by atoms with Crippen LogP contribution < -0.4 is 5.32 Å². The maximum Gasteiger partial charge on any atom is 0.136 e. The number of hydrogen-bond acceptors (Lipinski definition) is 2. The molecule has 0 saturated carbocycles. The van der Waals surface area contributed by atoms with Gasteiger partial charge in [0.05, 0.1) is 0 Å². The van der Waals surface area contributed by atoms with Crippen LogP contribution >= 0.6 is 11.8 Å². The third-order valence-electron chi connectivity index (χ3n) is 3.02. The molecule has 18 heavy (non-hydrogen) atoms. The normalized spacial score (nSPS) is 12.9. The zero-order valence-corrected chi connectivity index (χ0v) is 12.4. The average molecular weight is 269 g/mol. The molecule has 3 heteroatoms. The van der Waals surface area contributed by atoms with Crippen LogP contribution in [-0.2, 0) is 0 Å². The van der Waals surface area contributed by atoms with Crippen LogP contribution in [0.5, 0.6) is 0 Å². The summed E-state index contributed by atoms with van der Waals surface area (Å²) in [4.78, 5) is 0.751. The van der Waals surface area contributed by atoms with Crippen molar-refractivity contribution >= 4 is 11.8 Å². The summed E-state index contributed by atoms with van der Waals surface area (Å²) >= 11 is 1.60. The van der Waals surface area contributed by atoms with Crippen molar-refractivity contribution in [1.29, 1.82) is 0 Å². The molecule has 0 aliphatic heterocycles. The van der Waals surface area contributed by atoms with Gasteiger partial charge in [0.2, 0.25) is 0 Å². The summed E-state index contributed by atoms with van der Waals surface area (Å²) in [5.74, 6) is 1.58. The summed E-state index contributed by atoms with van der Waals surface area (Å²) in [6, 6.07) is 7.46. The molecule has 0 bridgehead atoms. The molecule has 0 amide bonds. The predicted molar refractivity (Wildman–Crippen MR) is 78.7 cm³/mol. The minimum Gasteiger partial charge on any atom is -0.316 e. The third-order valence-corrected chi connectivity index (χ3v) is 4.23. The van der Waals surface area contributed by atoms with E-state index in [1.165, 1.54) is 18.9 Å². The van der Waals surface area contributed by atoms with E-state index in [0.717, 1.165) is 23.0 Å². The molecule has 0 aliphatic rings. The molecule has 0 fully saturated rings. The van der Waals surface area contributed by atoms with Crippen molar-refractivity contribution in [3.8, 4) is 0 Å². The van der Waals surface area contributed by atoms with Gasteiger partial charge in [-0.15, -0.1) is 11.8 Å². The molecule has 0 radical (unpaired) electrons. The molecule has 1 unspecified atom stereocenters. The van der Waals surface area contributed by atoms with Crippen LogP contribution in [0, 0.1) is 11.7 Å². The lowest BCUT2D eigenvalue weighted by molar-refractivity contribution is 0.483. The van der Waals surface area contributed by atoms with Crippen LogP contribution in [0.3, 0.4) is 0 Å². The first-order valence-electron chi connectivity index (χ1n) is 6.68. The summed E-state index contributed by atoms with van der Waals surface area (Å²) < 4.78 is 13.5. The molecule has 1 aromatic carbocycles. The Morgan fingerprint density at radius 2 is 1.94 bits per heavy atom. The van der Waals surface area contributed by atoms with Gasteiger partial charge in [-0.1, -0.05) is 38.8 Å². The number of thioether (sulfide) groups is 1. The van der Waals surface area contributed by atoms with Crippen molar-refractivity contribution in [2.24, 2.45) is 5.92 Å². The fourth-order valence-electron chi connectivity index (χ4n) is 1.84. The standard InChI is InChI=1S/C15H24FNS/c1-12(2)7-6-8-13(17-3)11-18-15-10-5-4-9-14(15)16/h4-5,9-10,12-13,17H,6-8,11H2,1-3H3. The molecule has 1 nitrogen and oxygen atoms in total. The second-order valence-electron chi connectivity index (χ2n) is 5.05. The molecule has 1 aromatic rings. The second-order valence-corrected chi connectivity index (χ2v) is 6.11. The molecule has 0 aromatic heterocycles. The molecule has 0 heterocycles. The molecule has 102 valence electrons. The van der Waals surface area contributed by atoms with Crippen molar-refractivity contribution < 1.29 is 4.39 Å². The highest BCUT2D eigenvalue weighted by Crippen LogP contribution is 2.23. The maximum atomic E-state index is 13.5. The minimum atomic E-state index is -0.112. The Hall–Kier alpha value is -0.540. The van der Waals surface area contributed by atoms with Gasteiger partial charge in [0, 0.05) is 16.7 Å². The van der Waals surface area contributed by atoms with Crippen LogP contribution in [0.15, 0.2) is 29.2 Å². The number of benzene rings is 1. The van der Waals surface area contributed by atoms with E-state index in [1.807, 2.05) is 19.2 Å². The fourth-order valence-corrected chi connectivity index (χ4v) is 2.93. The first-order valence-corrected chi connectivity index (χ1v) is 7.66. The first-order chi connectivity index (χ1) is 8.63. The monoisotopic (exact) mass is 269 g/mol. The Morgan fingerprint density at radius 3 is 2.56 bits per heavy atom. The lowest BCUT2D eigenvalue weighted by Crippen LogP contribution is -2.27. The largest absolute Gasteiger partial charge is 0.316 e. The minimum absolute atomic E-state index is 0.112. The van der Waals surface area contributed by atoms with E-state index in [-0.39, 0.29) is 5.82 Å². The van der Waals surface area contributed by atoms with Gasteiger partial charge in [-0.2, -0.15) is 0 Å². The topological polar surface area (TPSA) is 12.0 Å². The first kappa shape index (κ1) is 15.5. The smallest absolute Gasteiger partial charge is 0.136 e. The highest BCUT2D eigenvalue weighted by molar-refractivity contribution is 7.99. The van der Waals surface area contributed by atoms with Crippen molar-refractivity contribution in [3.05, 3.63) is 30.1 Å². The summed E-state index contributed by atoms with van der Waals surface area (Å²) in [6.45, 7) is 4.50. The Kier molecular flexibility index (Phi) is 7.36. The van der Waals surface area contributed by atoms with E-state index in [4.69, 9.17) is 0 Å². The average Bonchev–Trinajstić information content (AvgIpc) is 2.35. The highest BCUT2D eigenvalue weighted by Gasteiger charge is 2.09. The lowest BCUT2D eigenvalue weighted by Gasteiger charge is -2.16. The molecule has 1 atom stereocenters. The molecule has 0 aliphatic carbocycles. The predicted octanol–water partition coefficient (Wildman–Crippen LogP) is 4.33. The Labute approximate surface area is 115 Å². The summed E-state index contributed by atoms with van der Waals surface area (Å²) in [5, 5.41) is 3.32. The van der Waals surface area contributed by atoms with E-state index in [1.54, 1.807) is 17.8 Å². The van der Waals surface area contributed by atoms with E-state index < -0.39 is 0 Å². The molecule has 1 rings (SSSR count). The molecular formula is C15H24FNS. The van der Waals surface area contributed by atoms with Gasteiger partial charge >= 0.3 is 0 Å².